The van der Waals surface area contributed by atoms with Crippen LogP contribution in [0.15, 0.2) is 72.3 Å². The molecule has 0 aromatic heterocycles. The quantitative estimate of drug-likeness (QED) is 0.216. The topological polar surface area (TPSA) is 85.3 Å². The van der Waals surface area contributed by atoms with Crippen LogP contribution in [0.25, 0.3) is 5.76 Å². The normalized spacial score (nSPS) is 17.0. The molecule has 1 fully saturated rings. The molecule has 1 aliphatic rings. The lowest BCUT2D eigenvalue weighted by atomic mass is 9.84. The molecule has 7 heteroatoms. The maximum Gasteiger partial charge on any atom is 0.300 e. The molecular formula is C32H35NO6. The van der Waals surface area contributed by atoms with Crippen molar-refractivity contribution in [3.05, 3.63) is 89.0 Å². The lowest BCUT2D eigenvalue weighted by Gasteiger charge is -2.26. The number of aliphatic hydroxyl groups excluding tert-OH is 1. The summed E-state index contributed by atoms with van der Waals surface area (Å²) >= 11 is 0. The maximum absolute atomic E-state index is 13.5. The Morgan fingerprint density at radius 1 is 0.872 bits per heavy atom. The van der Waals surface area contributed by atoms with Crippen LogP contribution in [-0.4, -0.2) is 37.1 Å². The number of hydrogen-bond donors (Lipinski definition) is 1. The molecule has 0 bridgehead atoms. The highest BCUT2D eigenvalue weighted by molar-refractivity contribution is 6.51. The Labute approximate surface area is 229 Å². The van der Waals surface area contributed by atoms with Crippen molar-refractivity contribution in [1.29, 1.82) is 0 Å². The summed E-state index contributed by atoms with van der Waals surface area (Å²) in [7, 11) is 3.15. The van der Waals surface area contributed by atoms with Crippen LogP contribution in [-0.2, 0) is 15.0 Å². The van der Waals surface area contributed by atoms with Gasteiger partial charge in [0.25, 0.3) is 11.7 Å². The Kier molecular flexibility index (Phi) is 7.72. The zero-order chi connectivity index (χ0) is 28.5. The zero-order valence-corrected chi connectivity index (χ0v) is 23.4. The van der Waals surface area contributed by atoms with E-state index in [0.29, 0.717) is 34.1 Å². The summed E-state index contributed by atoms with van der Waals surface area (Å²) < 4.78 is 16.6. The Hall–Kier alpha value is -4.26. The molecule has 7 nitrogen and oxygen atoms in total. The van der Waals surface area contributed by atoms with Gasteiger partial charge in [-0.1, -0.05) is 32.9 Å². The molecule has 0 radical (unpaired) electrons. The fourth-order valence-electron chi connectivity index (χ4n) is 4.75. The molecule has 0 saturated carbocycles. The summed E-state index contributed by atoms with van der Waals surface area (Å²) in [5.41, 5.74) is 2.19. The third-order valence-corrected chi connectivity index (χ3v) is 6.64. The Morgan fingerprint density at radius 2 is 1.49 bits per heavy atom. The summed E-state index contributed by atoms with van der Waals surface area (Å²) in [5, 5.41) is 11.6. The molecule has 3 aromatic carbocycles. The van der Waals surface area contributed by atoms with Gasteiger partial charge in [-0.3, -0.25) is 14.5 Å². The van der Waals surface area contributed by atoms with Crippen molar-refractivity contribution >= 4 is 23.1 Å². The number of ketones is 1. The molecule has 1 aliphatic heterocycles. The molecule has 1 unspecified atom stereocenters. The summed E-state index contributed by atoms with van der Waals surface area (Å²) in [4.78, 5) is 28.4. The van der Waals surface area contributed by atoms with E-state index in [1.807, 2.05) is 52.8 Å². The van der Waals surface area contributed by atoms with E-state index < -0.39 is 17.7 Å². The minimum Gasteiger partial charge on any atom is -0.507 e. The number of Topliss-reactive ketones (excluding diaryl/α,β-unsaturated/α-hetero) is 1. The largest absolute Gasteiger partial charge is 0.507 e. The highest BCUT2D eigenvalue weighted by atomic mass is 16.5. The molecule has 0 spiro atoms. The Morgan fingerprint density at radius 3 is 2.03 bits per heavy atom. The second kappa shape index (κ2) is 10.8. The van der Waals surface area contributed by atoms with Gasteiger partial charge in [-0.2, -0.15) is 0 Å². The van der Waals surface area contributed by atoms with Crippen molar-refractivity contribution in [1.82, 2.24) is 0 Å². The fourth-order valence-corrected chi connectivity index (χ4v) is 4.75. The van der Waals surface area contributed by atoms with E-state index in [4.69, 9.17) is 14.2 Å². The first-order valence-electron chi connectivity index (χ1n) is 12.9. The van der Waals surface area contributed by atoms with E-state index in [0.717, 1.165) is 5.56 Å². The molecule has 0 aliphatic carbocycles. The SMILES string of the molecule is COc1ccc(N2C(=O)C(=O)/C(=C(\O)c3ccc(OC)c(C(C)(C)C)c3)C2c2ccc(OC(C)C)cc2)cc1. The van der Waals surface area contributed by atoms with Gasteiger partial charge >= 0.3 is 0 Å². The average molecular weight is 530 g/mol. The van der Waals surface area contributed by atoms with Gasteiger partial charge in [0.2, 0.25) is 0 Å². The number of nitrogens with zero attached hydrogens (tertiary/aromatic N) is 1. The van der Waals surface area contributed by atoms with Crippen LogP contribution in [0.2, 0.25) is 0 Å². The van der Waals surface area contributed by atoms with Crippen molar-refractivity contribution in [2.24, 2.45) is 0 Å². The number of benzene rings is 3. The van der Waals surface area contributed by atoms with Crippen LogP contribution < -0.4 is 19.1 Å². The van der Waals surface area contributed by atoms with Gasteiger partial charge in [0.1, 0.15) is 23.0 Å². The van der Waals surface area contributed by atoms with Crippen LogP contribution in [0.3, 0.4) is 0 Å². The number of rotatable bonds is 7. The second-order valence-electron chi connectivity index (χ2n) is 10.8. The van der Waals surface area contributed by atoms with Gasteiger partial charge in [0.05, 0.1) is 31.9 Å². The van der Waals surface area contributed by atoms with Crippen molar-refractivity contribution in [2.75, 3.05) is 19.1 Å². The highest BCUT2D eigenvalue weighted by Crippen LogP contribution is 2.43. The number of amides is 1. The Balaban J connectivity index is 1.91. The number of hydrogen-bond acceptors (Lipinski definition) is 6. The summed E-state index contributed by atoms with van der Waals surface area (Å²) in [6.45, 7) is 9.99. The number of carbonyl (C=O) groups excluding carboxylic acids is 2. The van der Waals surface area contributed by atoms with Crippen molar-refractivity contribution in [2.45, 2.75) is 52.2 Å². The van der Waals surface area contributed by atoms with E-state index in [-0.39, 0.29) is 22.9 Å². The van der Waals surface area contributed by atoms with Crippen LogP contribution in [0, 0.1) is 0 Å². The van der Waals surface area contributed by atoms with Crippen LogP contribution >= 0.6 is 0 Å². The monoisotopic (exact) mass is 529 g/mol. The van der Waals surface area contributed by atoms with Crippen molar-refractivity contribution in [3.63, 3.8) is 0 Å². The summed E-state index contributed by atoms with van der Waals surface area (Å²) in [6, 6.07) is 18.5. The van der Waals surface area contributed by atoms with Crippen molar-refractivity contribution < 1.29 is 28.9 Å². The minimum atomic E-state index is -0.855. The standard InChI is InChI=1S/C32H35NO6/c1-19(2)39-24-13-8-20(9-14-24)28-27(29(34)21-10-17-26(38-7)25(18-21)32(3,4)5)30(35)31(36)33(28)22-11-15-23(37-6)16-12-22/h8-19,28,34H,1-7H3/b29-27-. The molecule has 1 saturated heterocycles. The van der Waals surface area contributed by atoms with Gasteiger partial charge in [-0.25, -0.2) is 0 Å². The molecule has 39 heavy (non-hydrogen) atoms. The Bertz CT molecular complexity index is 1400. The third-order valence-electron chi connectivity index (χ3n) is 6.64. The maximum atomic E-state index is 13.5. The van der Waals surface area contributed by atoms with E-state index in [2.05, 4.69) is 0 Å². The second-order valence-corrected chi connectivity index (χ2v) is 10.8. The number of anilines is 1. The molecule has 1 atom stereocenters. The van der Waals surface area contributed by atoms with E-state index in [1.54, 1.807) is 62.8 Å². The summed E-state index contributed by atoms with van der Waals surface area (Å²) in [5.74, 6) is 0.234. The molecule has 3 aromatic rings. The first kappa shape index (κ1) is 27.8. The van der Waals surface area contributed by atoms with E-state index >= 15 is 0 Å². The predicted octanol–water partition coefficient (Wildman–Crippen LogP) is 6.41. The fraction of sp³-hybridized carbons (Fsp3) is 0.312. The van der Waals surface area contributed by atoms with E-state index in [1.165, 1.54) is 4.90 Å². The number of carbonyl (C=O) groups is 2. The lowest BCUT2D eigenvalue weighted by Crippen LogP contribution is -2.29. The summed E-state index contributed by atoms with van der Waals surface area (Å²) in [6.07, 6.45) is -0.00660. The lowest BCUT2D eigenvalue weighted by molar-refractivity contribution is -0.132. The van der Waals surface area contributed by atoms with Gasteiger partial charge < -0.3 is 19.3 Å². The van der Waals surface area contributed by atoms with Gasteiger partial charge in [-0.05, 0) is 79.4 Å². The van der Waals surface area contributed by atoms with Gasteiger partial charge in [0, 0.05) is 16.8 Å². The van der Waals surface area contributed by atoms with E-state index in [9.17, 15) is 14.7 Å². The predicted molar refractivity (Wildman–Crippen MR) is 152 cm³/mol. The zero-order valence-electron chi connectivity index (χ0n) is 23.4. The molecule has 1 amide bonds. The number of aliphatic hydroxyl groups is 1. The van der Waals surface area contributed by atoms with Crippen molar-refractivity contribution in [3.8, 4) is 17.2 Å². The first-order valence-corrected chi connectivity index (χ1v) is 12.9. The van der Waals surface area contributed by atoms with Crippen LogP contribution in [0.1, 0.15) is 57.4 Å². The van der Waals surface area contributed by atoms with Gasteiger partial charge in [0.15, 0.2) is 0 Å². The minimum absolute atomic E-state index is 0.00660. The molecule has 204 valence electrons. The van der Waals surface area contributed by atoms with Crippen LogP contribution in [0.5, 0.6) is 17.2 Å². The number of methoxy groups -OCH3 is 2. The smallest absolute Gasteiger partial charge is 0.300 e. The molecule has 1 N–H and O–H groups in total. The first-order chi connectivity index (χ1) is 18.5. The highest BCUT2D eigenvalue weighted by Gasteiger charge is 2.47. The average Bonchev–Trinajstić information content (AvgIpc) is 3.17. The number of ether oxygens (including phenoxy) is 3. The molecular weight excluding hydrogens is 494 g/mol. The van der Waals surface area contributed by atoms with Crippen LogP contribution in [0.4, 0.5) is 5.69 Å². The molecule has 1 heterocycles. The van der Waals surface area contributed by atoms with Gasteiger partial charge in [-0.15, -0.1) is 0 Å². The molecule has 4 rings (SSSR count). The third kappa shape index (κ3) is 5.48.